The Bertz CT molecular complexity index is 710. The minimum atomic E-state index is -0.804. The molecular weight excluding hydrogens is 326 g/mol. The summed E-state index contributed by atoms with van der Waals surface area (Å²) in [7, 11) is 0. The molecule has 1 N–H and O–H groups in total. The van der Waals surface area contributed by atoms with E-state index in [-0.39, 0.29) is 18.2 Å². The molecule has 4 nitrogen and oxygen atoms in total. The van der Waals surface area contributed by atoms with Crippen LogP contribution in [-0.4, -0.2) is 24.5 Å². The van der Waals surface area contributed by atoms with Gasteiger partial charge in [0.2, 0.25) is 0 Å². The number of benzene rings is 2. The minimum absolute atomic E-state index is 0.166. The molecule has 0 saturated heterocycles. The molecule has 4 heteroatoms. The summed E-state index contributed by atoms with van der Waals surface area (Å²) < 4.78 is 5.27. The van der Waals surface area contributed by atoms with Gasteiger partial charge >= 0.3 is 5.97 Å². The minimum Gasteiger partial charge on any atom is -0.452 e. The van der Waals surface area contributed by atoms with Crippen LogP contribution in [0, 0.1) is 6.92 Å². The van der Waals surface area contributed by atoms with Crippen molar-refractivity contribution in [3.8, 4) is 0 Å². The van der Waals surface area contributed by atoms with Crippen molar-refractivity contribution >= 4 is 11.9 Å². The summed E-state index contributed by atoms with van der Waals surface area (Å²) in [5.74, 6) is -0.418. The first-order chi connectivity index (χ1) is 12.5. The predicted octanol–water partition coefficient (Wildman–Crippen LogP) is 3.78. The highest BCUT2D eigenvalue weighted by Gasteiger charge is 2.19. The normalized spacial score (nSPS) is 12.9. The van der Waals surface area contributed by atoms with Crippen molar-refractivity contribution in [3.05, 3.63) is 71.3 Å². The van der Waals surface area contributed by atoms with E-state index in [1.807, 2.05) is 49.4 Å². The summed E-state index contributed by atoms with van der Waals surface area (Å²) in [5, 5.41) is 2.89. The van der Waals surface area contributed by atoms with Gasteiger partial charge < -0.3 is 10.1 Å². The number of amides is 1. The van der Waals surface area contributed by atoms with Crippen LogP contribution in [0.3, 0.4) is 0 Å². The maximum atomic E-state index is 12.2. The number of carbonyl (C=O) groups excluding carboxylic acids is 2. The molecule has 2 aromatic rings. The van der Waals surface area contributed by atoms with Gasteiger partial charge in [-0.3, -0.25) is 9.59 Å². The number of hydrogen-bond donors (Lipinski definition) is 1. The van der Waals surface area contributed by atoms with Crippen molar-refractivity contribution in [1.29, 1.82) is 0 Å². The number of aryl methyl sites for hydroxylation is 1. The van der Waals surface area contributed by atoms with E-state index in [1.165, 1.54) is 5.56 Å². The fourth-order valence-corrected chi connectivity index (χ4v) is 2.76. The van der Waals surface area contributed by atoms with Crippen LogP contribution >= 0.6 is 0 Å². The van der Waals surface area contributed by atoms with Crippen LogP contribution in [0.4, 0.5) is 0 Å². The van der Waals surface area contributed by atoms with E-state index < -0.39 is 12.1 Å². The van der Waals surface area contributed by atoms with Gasteiger partial charge in [-0.15, -0.1) is 0 Å². The maximum absolute atomic E-state index is 12.2. The van der Waals surface area contributed by atoms with Gasteiger partial charge in [-0.05, 0) is 31.4 Å². The Morgan fingerprint density at radius 1 is 1.04 bits per heavy atom. The second-order valence-electron chi connectivity index (χ2n) is 6.56. The third-order valence-electron chi connectivity index (χ3n) is 4.43. The summed E-state index contributed by atoms with van der Waals surface area (Å²) in [6.07, 6.45) is 0.284. The zero-order valence-corrected chi connectivity index (χ0v) is 15.7. The van der Waals surface area contributed by atoms with Crippen molar-refractivity contribution in [3.63, 3.8) is 0 Å². The quantitative estimate of drug-likeness (QED) is 0.735. The highest BCUT2D eigenvalue weighted by molar-refractivity contribution is 5.83. The van der Waals surface area contributed by atoms with Crippen molar-refractivity contribution in [1.82, 2.24) is 5.32 Å². The third kappa shape index (κ3) is 6.03. The number of carbonyl (C=O) groups is 2. The molecule has 0 saturated carbocycles. The number of hydrogen-bond acceptors (Lipinski definition) is 3. The van der Waals surface area contributed by atoms with Crippen LogP contribution in [0.1, 0.15) is 42.9 Å². The fourth-order valence-electron chi connectivity index (χ4n) is 2.76. The van der Waals surface area contributed by atoms with Crippen molar-refractivity contribution in [2.75, 3.05) is 6.54 Å². The Balaban J connectivity index is 1.81. The van der Waals surface area contributed by atoms with Crippen LogP contribution in [0.25, 0.3) is 0 Å². The average molecular weight is 353 g/mol. The lowest BCUT2D eigenvalue weighted by molar-refractivity contribution is -0.154. The van der Waals surface area contributed by atoms with E-state index >= 15 is 0 Å². The number of esters is 1. The molecule has 0 aliphatic carbocycles. The van der Waals surface area contributed by atoms with Crippen LogP contribution < -0.4 is 5.32 Å². The number of nitrogens with one attached hydrogen (secondary N) is 1. The van der Waals surface area contributed by atoms with Gasteiger partial charge in [0.05, 0.1) is 6.42 Å². The monoisotopic (exact) mass is 353 g/mol. The van der Waals surface area contributed by atoms with E-state index in [4.69, 9.17) is 4.74 Å². The third-order valence-corrected chi connectivity index (χ3v) is 4.43. The predicted molar refractivity (Wildman–Crippen MR) is 103 cm³/mol. The van der Waals surface area contributed by atoms with Crippen molar-refractivity contribution in [2.45, 2.75) is 45.6 Å². The summed E-state index contributed by atoms with van der Waals surface area (Å²) in [6, 6.07) is 17.8. The summed E-state index contributed by atoms with van der Waals surface area (Å²) in [5.41, 5.74) is 3.21. The smallest absolute Gasteiger partial charge is 0.311 e. The lowest BCUT2D eigenvalue weighted by atomic mass is 9.96. The van der Waals surface area contributed by atoms with Crippen LogP contribution in [-0.2, 0) is 20.7 Å². The van der Waals surface area contributed by atoms with E-state index in [0.29, 0.717) is 6.54 Å². The van der Waals surface area contributed by atoms with Crippen molar-refractivity contribution in [2.24, 2.45) is 0 Å². The molecule has 2 atom stereocenters. The standard InChI is InChI=1S/C22H27NO3/c1-4-19(20-8-6-5-7-9-20)15-23-22(25)17(3)26-21(24)14-18-12-10-16(2)11-13-18/h5-13,17,19H,4,14-15H2,1-3H3,(H,23,25)/t17-,19-/m0/s1. The highest BCUT2D eigenvalue weighted by atomic mass is 16.5. The first-order valence-electron chi connectivity index (χ1n) is 9.07. The largest absolute Gasteiger partial charge is 0.452 e. The Morgan fingerprint density at radius 2 is 1.69 bits per heavy atom. The van der Waals surface area contributed by atoms with E-state index in [2.05, 4.69) is 24.4 Å². The summed E-state index contributed by atoms with van der Waals surface area (Å²) in [4.78, 5) is 24.3. The van der Waals surface area contributed by atoms with E-state index in [0.717, 1.165) is 17.5 Å². The Hall–Kier alpha value is -2.62. The van der Waals surface area contributed by atoms with Gasteiger partial charge in [0.1, 0.15) is 0 Å². The lowest BCUT2D eigenvalue weighted by Crippen LogP contribution is -2.38. The van der Waals surface area contributed by atoms with Crippen molar-refractivity contribution < 1.29 is 14.3 Å². The zero-order chi connectivity index (χ0) is 18.9. The van der Waals surface area contributed by atoms with Crippen LogP contribution in [0.2, 0.25) is 0 Å². The molecule has 0 bridgehead atoms. The number of ether oxygens (including phenoxy) is 1. The summed E-state index contributed by atoms with van der Waals surface area (Å²) >= 11 is 0. The van der Waals surface area contributed by atoms with E-state index in [9.17, 15) is 9.59 Å². The topological polar surface area (TPSA) is 55.4 Å². The van der Waals surface area contributed by atoms with Gasteiger partial charge in [-0.2, -0.15) is 0 Å². The Labute approximate surface area is 155 Å². The molecule has 2 rings (SSSR count). The van der Waals surface area contributed by atoms with Gasteiger partial charge in [-0.1, -0.05) is 67.1 Å². The molecule has 0 aliphatic rings. The molecule has 0 spiro atoms. The molecule has 0 aromatic heterocycles. The van der Waals surface area contributed by atoms with Gasteiger partial charge in [-0.25, -0.2) is 0 Å². The first-order valence-corrected chi connectivity index (χ1v) is 9.07. The van der Waals surface area contributed by atoms with Gasteiger partial charge in [0.15, 0.2) is 6.10 Å². The zero-order valence-electron chi connectivity index (χ0n) is 15.7. The number of rotatable bonds is 8. The molecule has 26 heavy (non-hydrogen) atoms. The summed E-state index contributed by atoms with van der Waals surface area (Å²) in [6.45, 7) is 6.22. The Morgan fingerprint density at radius 3 is 2.31 bits per heavy atom. The molecule has 0 fully saturated rings. The average Bonchev–Trinajstić information content (AvgIpc) is 2.64. The molecule has 1 amide bonds. The molecule has 0 unspecified atom stereocenters. The molecule has 0 heterocycles. The van der Waals surface area contributed by atoms with Crippen LogP contribution in [0.15, 0.2) is 54.6 Å². The maximum Gasteiger partial charge on any atom is 0.311 e. The first kappa shape index (κ1) is 19.7. The molecule has 2 aromatic carbocycles. The molecular formula is C22H27NO3. The molecule has 138 valence electrons. The van der Waals surface area contributed by atoms with E-state index in [1.54, 1.807) is 6.92 Å². The highest BCUT2D eigenvalue weighted by Crippen LogP contribution is 2.18. The molecule has 0 radical (unpaired) electrons. The fraction of sp³-hybridized carbons (Fsp3) is 0.364. The molecule has 0 aliphatic heterocycles. The lowest BCUT2D eigenvalue weighted by Gasteiger charge is -2.18. The van der Waals surface area contributed by atoms with Gasteiger partial charge in [0.25, 0.3) is 5.91 Å². The second-order valence-corrected chi connectivity index (χ2v) is 6.56. The second kappa shape index (κ2) is 9.76. The SMILES string of the molecule is CC[C@@H](CNC(=O)[C@H](C)OC(=O)Cc1ccc(C)cc1)c1ccccc1. The van der Waals surface area contributed by atoms with Crippen LogP contribution in [0.5, 0.6) is 0 Å². The Kier molecular flexibility index (Phi) is 7.39. The van der Waals surface area contributed by atoms with Gasteiger partial charge in [0, 0.05) is 12.5 Å².